The Morgan fingerprint density at radius 1 is 1.19 bits per heavy atom. The van der Waals surface area contributed by atoms with Crippen molar-refractivity contribution < 1.29 is 19.1 Å². The third kappa shape index (κ3) is 5.79. The van der Waals surface area contributed by atoms with Crippen molar-refractivity contribution in [3.8, 4) is 0 Å². The molecule has 2 aliphatic rings. The van der Waals surface area contributed by atoms with Gasteiger partial charge in [0.25, 0.3) is 0 Å². The van der Waals surface area contributed by atoms with Gasteiger partial charge in [-0.15, -0.1) is 0 Å². The summed E-state index contributed by atoms with van der Waals surface area (Å²) in [5, 5.41) is 5.72. The number of ether oxygens (including phenoxy) is 1. The summed E-state index contributed by atoms with van der Waals surface area (Å²) in [5.41, 5.74) is 4.63. The van der Waals surface area contributed by atoms with Gasteiger partial charge in [0.2, 0.25) is 11.8 Å². The fraction of sp³-hybridized carbons (Fsp3) is 0.824. The highest BCUT2D eigenvalue weighted by atomic mass is 33.1. The lowest BCUT2D eigenvalue weighted by molar-refractivity contribution is -0.158. The Kier molecular flexibility index (Phi) is 7.27. The third-order valence-electron chi connectivity index (χ3n) is 4.54. The SMILES string of the molecule is CC(C)(C)OC(=O)C1CSSCC(N)C(=O)NCC2(CCCC2)C(=O)N1. The van der Waals surface area contributed by atoms with E-state index >= 15 is 0 Å². The first kappa shape index (κ1) is 21.4. The predicted octanol–water partition coefficient (Wildman–Crippen LogP) is 1.21. The van der Waals surface area contributed by atoms with Crippen molar-refractivity contribution in [3.63, 3.8) is 0 Å². The largest absolute Gasteiger partial charge is 0.458 e. The molecule has 0 aromatic rings. The van der Waals surface area contributed by atoms with E-state index in [0.717, 1.165) is 12.8 Å². The Morgan fingerprint density at radius 3 is 2.42 bits per heavy atom. The van der Waals surface area contributed by atoms with Crippen LogP contribution in [-0.4, -0.2) is 53.5 Å². The van der Waals surface area contributed by atoms with Gasteiger partial charge in [-0.25, -0.2) is 4.79 Å². The van der Waals surface area contributed by atoms with Crippen LogP contribution in [0, 0.1) is 5.41 Å². The minimum absolute atomic E-state index is 0.189. The first-order chi connectivity index (χ1) is 12.1. The molecule has 1 heterocycles. The summed E-state index contributed by atoms with van der Waals surface area (Å²) in [7, 11) is 2.83. The van der Waals surface area contributed by atoms with Crippen LogP contribution >= 0.6 is 21.6 Å². The molecule has 1 aliphatic heterocycles. The number of rotatable bonds is 1. The van der Waals surface area contributed by atoms with Gasteiger partial charge in [0, 0.05) is 18.1 Å². The highest BCUT2D eigenvalue weighted by Gasteiger charge is 2.43. The van der Waals surface area contributed by atoms with Crippen LogP contribution in [0.3, 0.4) is 0 Å². The van der Waals surface area contributed by atoms with E-state index in [1.165, 1.54) is 21.6 Å². The molecular formula is C17H29N3O4S2. The lowest BCUT2D eigenvalue weighted by Gasteiger charge is -2.32. The second-order valence-electron chi connectivity index (χ2n) is 7.94. The smallest absolute Gasteiger partial charge is 0.330 e. The second kappa shape index (κ2) is 8.84. The molecule has 26 heavy (non-hydrogen) atoms. The van der Waals surface area contributed by atoms with Crippen LogP contribution in [0.2, 0.25) is 0 Å². The first-order valence-corrected chi connectivity index (χ1v) is 11.4. The van der Waals surface area contributed by atoms with Crippen LogP contribution in [0.5, 0.6) is 0 Å². The summed E-state index contributed by atoms with van der Waals surface area (Å²) in [6, 6.07) is -1.35. The van der Waals surface area contributed by atoms with Crippen LogP contribution < -0.4 is 16.4 Å². The summed E-state index contributed by atoms with van der Waals surface area (Å²) in [6.45, 7) is 5.66. The number of nitrogens with two attached hydrogens (primary N) is 1. The van der Waals surface area contributed by atoms with Crippen molar-refractivity contribution >= 4 is 39.4 Å². The van der Waals surface area contributed by atoms with Crippen molar-refractivity contribution in [1.29, 1.82) is 0 Å². The van der Waals surface area contributed by atoms with Crippen molar-refractivity contribution in [1.82, 2.24) is 10.6 Å². The van der Waals surface area contributed by atoms with Gasteiger partial charge in [0.15, 0.2) is 0 Å². The monoisotopic (exact) mass is 403 g/mol. The van der Waals surface area contributed by atoms with Gasteiger partial charge in [0.05, 0.1) is 11.5 Å². The zero-order chi connectivity index (χ0) is 19.4. The van der Waals surface area contributed by atoms with E-state index in [-0.39, 0.29) is 18.4 Å². The molecule has 4 N–H and O–H groups in total. The second-order valence-corrected chi connectivity index (χ2v) is 10.5. The molecule has 1 aliphatic carbocycles. The Balaban J connectivity index is 2.18. The maximum Gasteiger partial charge on any atom is 0.330 e. The topological polar surface area (TPSA) is 111 Å². The predicted molar refractivity (Wildman–Crippen MR) is 105 cm³/mol. The molecule has 2 atom stereocenters. The lowest BCUT2D eigenvalue weighted by Crippen LogP contribution is -2.55. The molecule has 0 aromatic heterocycles. The van der Waals surface area contributed by atoms with Gasteiger partial charge < -0.3 is 21.1 Å². The van der Waals surface area contributed by atoms with E-state index in [0.29, 0.717) is 24.3 Å². The number of esters is 1. The van der Waals surface area contributed by atoms with Gasteiger partial charge in [-0.3, -0.25) is 9.59 Å². The molecule has 2 amide bonds. The highest BCUT2D eigenvalue weighted by Crippen LogP contribution is 2.38. The summed E-state index contributed by atoms with van der Waals surface area (Å²) in [6.07, 6.45) is 3.24. The first-order valence-electron chi connectivity index (χ1n) is 8.94. The third-order valence-corrected chi connectivity index (χ3v) is 6.99. The average molecular weight is 404 g/mol. The molecule has 148 valence electrons. The van der Waals surface area contributed by atoms with E-state index in [1.807, 2.05) is 0 Å². The molecule has 2 fully saturated rings. The van der Waals surface area contributed by atoms with Crippen molar-refractivity contribution in [2.24, 2.45) is 11.1 Å². The molecule has 2 unspecified atom stereocenters. The van der Waals surface area contributed by atoms with E-state index in [9.17, 15) is 14.4 Å². The van der Waals surface area contributed by atoms with Crippen molar-refractivity contribution in [2.45, 2.75) is 64.1 Å². The normalized spacial score (nSPS) is 27.8. The fourth-order valence-electron chi connectivity index (χ4n) is 3.09. The number of hydrogen-bond donors (Lipinski definition) is 3. The molecule has 1 saturated heterocycles. The van der Waals surface area contributed by atoms with E-state index in [1.54, 1.807) is 20.8 Å². The molecule has 0 aromatic carbocycles. The van der Waals surface area contributed by atoms with Crippen molar-refractivity contribution in [3.05, 3.63) is 0 Å². The summed E-state index contributed by atoms with van der Waals surface area (Å²) in [5.74, 6) is -0.0429. The Morgan fingerprint density at radius 2 is 1.81 bits per heavy atom. The molecule has 1 spiro atoms. The molecular weight excluding hydrogens is 374 g/mol. The standard InChI is InChI=1S/C17H29N3O4S2/c1-16(2,3)24-14(22)12-9-26-25-8-11(18)13(21)19-10-17(15(23)20-12)6-4-5-7-17/h11-12H,4-10,18H2,1-3H3,(H,19,21)(H,20,23). The van der Waals surface area contributed by atoms with E-state index in [2.05, 4.69) is 10.6 Å². The molecule has 7 nitrogen and oxygen atoms in total. The van der Waals surface area contributed by atoms with Crippen LogP contribution in [0.25, 0.3) is 0 Å². The molecule has 0 radical (unpaired) electrons. The Labute approximate surface area is 162 Å². The van der Waals surface area contributed by atoms with Gasteiger partial charge in [-0.05, 0) is 33.6 Å². The zero-order valence-electron chi connectivity index (χ0n) is 15.6. The lowest BCUT2D eigenvalue weighted by atomic mass is 9.84. The average Bonchev–Trinajstić information content (AvgIpc) is 3.02. The molecule has 9 heteroatoms. The van der Waals surface area contributed by atoms with Gasteiger partial charge in [0.1, 0.15) is 11.6 Å². The van der Waals surface area contributed by atoms with Crippen molar-refractivity contribution in [2.75, 3.05) is 18.1 Å². The number of hydrogen-bond acceptors (Lipinski definition) is 7. The summed E-state index contributed by atoms with van der Waals surface area (Å²) < 4.78 is 5.47. The maximum atomic E-state index is 13.0. The Bertz CT molecular complexity index is 545. The minimum Gasteiger partial charge on any atom is -0.458 e. The van der Waals surface area contributed by atoms with Crippen LogP contribution in [0.4, 0.5) is 0 Å². The quantitative estimate of drug-likeness (QED) is 0.446. The molecule has 2 rings (SSSR count). The zero-order valence-corrected chi connectivity index (χ0v) is 17.3. The molecule has 1 saturated carbocycles. The number of carbonyl (C=O) groups is 3. The fourth-order valence-corrected chi connectivity index (χ4v) is 5.36. The van der Waals surface area contributed by atoms with Crippen LogP contribution in [-0.2, 0) is 19.1 Å². The number of nitrogens with one attached hydrogen (secondary N) is 2. The number of carbonyl (C=O) groups excluding carboxylic acids is 3. The van der Waals surface area contributed by atoms with Gasteiger partial charge in [-0.1, -0.05) is 34.4 Å². The van der Waals surface area contributed by atoms with Gasteiger partial charge >= 0.3 is 5.97 Å². The van der Waals surface area contributed by atoms with Gasteiger partial charge in [-0.2, -0.15) is 0 Å². The number of amides is 2. The van der Waals surface area contributed by atoms with Crippen LogP contribution in [0.1, 0.15) is 46.5 Å². The van der Waals surface area contributed by atoms with Crippen LogP contribution in [0.15, 0.2) is 0 Å². The summed E-state index contributed by atoms with van der Waals surface area (Å²) in [4.78, 5) is 37.7. The maximum absolute atomic E-state index is 13.0. The van der Waals surface area contributed by atoms with E-state index in [4.69, 9.17) is 10.5 Å². The van der Waals surface area contributed by atoms with E-state index < -0.39 is 29.1 Å². The molecule has 0 bridgehead atoms. The minimum atomic E-state index is -0.719. The summed E-state index contributed by atoms with van der Waals surface area (Å²) >= 11 is 0. The Hall–Kier alpha value is -0.930. The highest BCUT2D eigenvalue weighted by molar-refractivity contribution is 8.76.